The summed E-state index contributed by atoms with van der Waals surface area (Å²) in [4.78, 5) is 0.166. The Bertz CT molecular complexity index is 354. The molecule has 0 atom stereocenters. The first-order chi connectivity index (χ1) is 7.42. The predicted molar refractivity (Wildman–Crippen MR) is 58.7 cm³/mol. The van der Waals surface area contributed by atoms with Crippen molar-refractivity contribution in [1.29, 1.82) is 0 Å². The fourth-order valence-electron chi connectivity index (χ4n) is 1.22. The molecule has 0 unspecified atom stereocenters. The molecule has 0 aromatic heterocycles. The average molecular weight is 251 g/mol. The third kappa shape index (κ3) is 4.32. The highest BCUT2D eigenvalue weighted by molar-refractivity contribution is 8.00. The molecule has 0 aliphatic rings. The second-order valence-electron chi connectivity index (χ2n) is 3.17. The molecule has 0 amide bonds. The molecular weight excluding hydrogens is 239 g/mol. The molecule has 0 aliphatic heterocycles. The van der Waals surface area contributed by atoms with Crippen LogP contribution in [0.2, 0.25) is 0 Å². The average Bonchev–Trinajstić information content (AvgIpc) is 2.14. The van der Waals surface area contributed by atoms with Gasteiger partial charge in [-0.3, -0.25) is 0 Å². The quantitative estimate of drug-likeness (QED) is 0.807. The van der Waals surface area contributed by atoms with Gasteiger partial charge in [-0.15, -0.1) is 0 Å². The van der Waals surface area contributed by atoms with Crippen LogP contribution in [0, 0.1) is 6.92 Å². The summed E-state index contributed by atoms with van der Waals surface area (Å²) >= 11 is -0.130. The second-order valence-corrected chi connectivity index (χ2v) is 4.31. The molecule has 0 spiro atoms. The third-order valence-electron chi connectivity index (χ3n) is 1.86. The number of aliphatic hydroxyl groups is 1. The number of benzene rings is 1. The van der Waals surface area contributed by atoms with Gasteiger partial charge < -0.3 is 10.4 Å². The second kappa shape index (κ2) is 5.45. The Labute approximate surface area is 95.9 Å². The van der Waals surface area contributed by atoms with Crippen LogP contribution in [0.3, 0.4) is 0 Å². The first-order valence-electron chi connectivity index (χ1n) is 4.63. The fraction of sp³-hybridized carbons (Fsp3) is 0.400. The van der Waals surface area contributed by atoms with Gasteiger partial charge in [-0.25, -0.2) is 0 Å². The Morgan fingerprint density at radius 2 is 2.06 bits per heavy atom. The van der Waals surface area contributed by atoms with Gasteiger partial charge >= 0.3 is 5.51 Å². The number of hydrogen-bond donors (Lipinski definition) is 2. The zero-order valence-corrected chi connectivity index (χ0v) is 9.45. The van der Waals surface area contributed by atoms with Crippen molar-refractivity contribution in [3.8, 4) is 0 Å². The van der Waals surface area contributed by atoms with E-state index < -0.39 is 5.51 Å². The van der Waals surface area contributed by atoms with Gasteiger partial charge in [0.25, 0.3) is 0 Å². The van der Waals surface area contributed by atoms with E-state index in [-0.39, 0.29) is 23.3 Å². The van der Waals surface area contributed by atoms with Crippen molar-refractivity contribution in [2.75, 3.05) is 18.5 Å². The first-order valence-corrected chi connectivity index (χ1v) is 5.45. The maximum Gasteiger partial charge on any atom is 0.446 e. The van der Waals surface area contributed by atoms with Gasteiger partial charge in [-0.1, -0.05) is 0 Å². The summed E-state index contributed by atoms with van der Waals surface area (Å²) in [5.74, 6) is 0. The Balaban J connectivity index is 2.74. The maximum atomic E-state index is 12.1. The largest absolute Gasteiger partial charge is 0.446 e. The lowest BCUT2D eigenvalue weighted by Gasteiger charge is -2.11. The molecule has 0 saturated heterocycles. The van der Waals surface area contributed by atoms with Crippen LogP contribution < -0.4 is 5.32 Å². The van der Waals surface area contributed by atoms with E-state index in [1.807, 2.05) is 0 Å². The molecule has 16 heavy (non-hydrogen) atoms. The number of alkyl halides is 3. The minimum Gasteiger partial charge on any atom is -0.395 e. The van der Waals surface area contributed by atoms with Crippen LogP contribution in [0.1, 0.15) is 5.56 Å². The van der Waals surface area contributed by atoms with Crippen LogP contribution in [-0.2, 0) is 0 Å². The van der Waals surface area contributed by atoms with Crippen LogP contribution in [0.25, 0.3) is 0 Å². The van der Waals surface area contributed by atoms with E-state index in [0.29, 0.717) is 6.54 Å². The molecule has 2 nitrogen and oxygen atoms in total. The van der Waals surface area contributed by atoms with Crippen molar-refractivity contribution in [1.82, 2.24) is 0 Å². The fourth-order valence-corrected chi connectivity index (χ4v) is 1.86. The van der Waals surface area contributed by atoms with Crippen molar-refractivity contribution < 1.29 is 18.3 Å². The van der Waals surface area contributed by atoms with E-state index in [2.05, 4.69) is 5.32 Å². The van der Waals surface area contributed by atoms with E-state index in [1.54, 1.807) is 13.0 Å². The zero-order chi connectivity index (χ0) is 12.2. The minimum absolute atomic E-state index is 0.0154. The summed E-state index contributed by atoms with van der Waals surface area (Å²) in [5, 5.41) is 11.5. The monoisotopic (exact) mass is 251 g/mol. The molecule has 90 valence electrons. The van der Waals surface area contributed by atoms with Crippen molar-refractivity contribution in [3.05, 3.63) is 23.8 Å². The molecule has 0 heterocycles. The van der Waals surface area contributed by atoms with Gasteiger partial charge in [-0.2, -0.15) is 13.2 Å². The highest BCUT2D eigenvalue weighted by atomic mass is 32.2. The summed E-state index contributed by atoms with van der Waals surface area (Å²) in [6, 6.07) is 4.46. The standard InChI is InChI=1S/C10H12F3NOS/c1-7-6-8(16-10(11,12)13)2-3-9(7)14-4-5-15/h2-3,6,14-15H,4-5H2,1H3. The predicted octanol–water partition coefficient (Wildman–Crippen LogP) is 3.01. The van der Waals surface area contributed by atoms with E-state index in [0.717, 1.165) is 11.3 Å². The molecule has 1 rings (SSSR count). The van der Waals surface area contributed by atoms with Crippen LogP contribution in [0.15, 0.2) is 23.1 Å². The molecule has 1 aromatic carbocycles. The highest BCUT2D eigenvalue weighted by Gasteiger charge is 2.29. The molecular formula is C10H12F3NOS. The van der Waals surface area contributed by atoms with Gasteiger partial charge in [0, 0.05) is 17.1 Å². The number of aliphatic hydroxyl groups excluding tert-OH is 1. The molecule has 6 heteroatoms. The van der Waals surface area contributed by atoms with E-state index in [4.69, 9.17) is 5.11 Å². The SMILES string of the molecule is Cc1cc(SC(F)(F)F)ccc1NCCO. The minimum atomic E-state index is -4.26. The number of nitrogens with one attached hydrogen (secondary N) is 1. The number of rotatable bonds is 4. The van der Waals surface area contributed by atoms with Crippen molar-refractivity contribution in [2.24, 2.45) is 0 Å². The van der Waals surface area contributed by atoms with Gasteiger partial charge in [-0.05, 0) is 42.4 Å². The summed E-state index contributed by atoms with van der Waals surface area (Å²) in [5.41, 5.74) is -2.80. The van der Waals surface area contributed by atoms with Gasteiger partial charge in [0.15, 0.2) is 0 Å². The Kier molecular flexibility index (Phi) is 4.49. The van der Waals surface area contributed by atoms with E-state index in [1.165, 1.54) is 12.1 Å². The summed E-state index contributed by atoms with van der Waals surface area (Å²) < 4.78 is 36.3. The summed E-state index contributed by atoms with van der Waals surface area (Å²) in [7, 11) is 0. The number of aryl methyl sites for hydroxylation is 1. The lowest BCUT2D eigenvalue weighted by Crippen LogP contribution is -2.06. The van der Waals surface area contributed by atoms with Crippen molar-refractivity contribution >= 4 is 17.4 Å². The molecule has 0 aliphatic carbocycles. The molecule has 0 saturated carbocycles. The van der Waals surface area contributed by atoms with Crippen LogP contribution in [0.4, 0.5) is 18.9 Å². The number of thioether (sulfide) groups is 1. The summed E-state index contributed by atoms with van der Waals surface area (Å²) in [6.07, 6.45) is 0. The van der Waals surface area contributed by atoms with Gasteiger partial charge in [0.2, 0.25) is 0 Å². The first kappa shape index (κ1) is 13.2. The normalized spacial score (nSPS) is 11.6. The number of anilines is 1. The molecule has 1 aromatic rings. The zero-order valence-electron chi connectivity index (χ0n) is 8.64. The lowest BCUT2D eigenvalue weighted by atomic mass is 10.2. The van der Waals surface area contributed by atoms with Crippen LogP contribution in [0.5, 0.6) is 0 Å². The van der Waals surface area contributed by atoms with Gasteiger partial charge in [0.05, 0.1) is 6.61 Å². The highest BCUT2D eigenvalue weighted by Crippen LogP contribution is 2.37. The molecule has 0 bridgehead atoms. The van der Waals surface area contributed by atoms with Gasteiger partial charge in [0.1, 0.15) is 0 Å². The summed E-state index contributed by atoms with van der Waals surface area (Å²) in [6.45, 7) is 2.09. The number of hydrogen-bond acceptors (Lipinski definition) is 3. The molecule has 0 fully saturated rings. The topological polar surface area (TPSA) is 32.3 Å². The van der Waals surface area contributed by atoms with E-state index in [9.17, 15) is 13.2 Å². The van der Waals surface area contributed by atoms with E-state index >= 15 is 0 Å². The van der Waals surface area contributed by atoms with Crippen molar-refractivity contribution in [2.45, 2.75) is 17.3 Å². The molecule has 2 N–H and O–H groups in total. The van der Waals surface area contributed by atoms with Crippen molar-refractivity contribution in [3.63, 3.8) is 0 Å². The third-order valence-corrected chi connectivity index (χ3v) is 2.58. The number of halogens is 3. The Morgan fingerprint density at radius 1 is 1.38 bits per heavy atom. The Hall–Kier alpha value is -0.880. The van der Waals surface area contributed by atoms with Crippen LogP contribution in [-0.4, -0.2) is 23.8 Å². The lowest BCUT2D eigenvalue weighted by molar-refractivity contribution is -0.0328. The smallest absolute Gasteiger partial charge is 0.395 e. The molecule has 0 radical (unpaired) electrons. The maximum absolute atomic E-state index is 12.1. The van der Waals surface area contributed by atoms with Crippen LogP contribution >= 0.6 is 11.8 Å². The Morgan fingerprint density at radius 3 is 2.56 bits per heavy atom.